The predicted octanol–water partition coefficient (Wildman–Crippen LogP) is -0.972. The maximum Gasteiger partial charge on any atom is 0.239 e. The third-order valence-electron chi connectivity index (χ3n) is 3.07. The van der Waals surface area contributed by atoms with Gasteiger partial charge in [-0.1, -0.05) is 6.07 Å². The summed E-state index contributed by atoms with van der Waals surface area (Å²) in [7, 11) is -4.15. The molecule has 1 aromatic heterocycles. The number of amidine groups is 1. The zero-order chi connectivity index (χ0) is 17.9. The maximum absolute atomic E-state index is 12.1. The van der Waals surface area contributed by atoms with Crippen LogP contribution in [0.2, 0.25) is 0 Å². The molecule has 0 amide bonds. The molecule has 2 rings (SSSR count). The van der Waals surface area contributed by atoms with Crippen LogP contribution in [0.15, 0.2) is 45.4 Å². The molecule has 12 heteroatoms. The highest BCUT2D eigenvalue weighted by molar-refractivity contribution is 7.98. The molecule has 1 heterocycles. The Labute approximate surface area is 142 Å². The Morgan fingerprint density at radius 2 is 1.96 bits per heavy atom. The molecular formula is C12H16N8O2S2. The number of nitrogens with one attached hydrogen (secondary N) is 1. The van der Waals surface area contributed by atoms with E-state index in [1.807, 2.05) is 5.53 Å². The zero-order valence-corrected chi connectivity index (χ0v) is 13.9. The lowest BCUT2D eigenvalue weighted by molar-refractivity contribution is 0.595. The monoisotopic (exact) mass is 368 g/mol. The Hall–Kier alpha value is -2.38. The number of sulfonamides is 1. The van der Waals surface area contributed by atoms with Crippen LogP contribution in [0.4, 0.5) is 5.82 Å². The van der Waals surface area contributed by atoms with Gasteiger partial charge >= 0.3 is 0 Å². The summed E-state index contributed by atoms with van der Waals surface area (Å²) in [6.07, 6.45) is 1.47. The van der Waals surface area contributed by atoms with Crippen LogP contribution in [-0.4, -0.2) is 19.2 Å². The molecule has 128 valence electrons. The molecule has 0 aliphatic heterocycles. The lowest BCUT2D eigenvalue weighted by Crippen LogP contribution is -2.27. The van der Waals surface area contributed by atoms with Crippen molar-refractivity contribution < 1.29 is 8.42 Å². The number of pyridine rings is 1. The van der Waals surface area contributed by atoms with E-state index < -0.39 is 10.0 Å². The first-order valence-corrected chi connectivity index (χ1v) is 8.79. The van der Waals surface area contributed by atoms with Crippen molar-refractivity contribution >= 4 is 33.6 Å². The Morgan fingerprint density at radius 3 is 2.46 bits per heavy atom. The van der Waals surface area contributed by atoms with Gasteiger partial charge in [-0.25, -0.2) is 29.9 Å². The van der Waals surface area contributed by atoms with Gasteiger partial charge in [0.2, 0.25) is 10.0 Å². The number of benzene rings is 1. The van der Waals surface area contributed by atoms with Gasteiger partial charge in [0.25, 0.3) is 0 Å². The van der Waals surface area contributed by atoms with Crippen LogP contribution in [-0.2, 0) is 10.0 Å². The molecule has 0 bridgehead atoms. The number of hydrazine groups is 1. The molecule has 0 atom stereocenters. The molecule has 0 aliphatic carbocycles. The van der Waals surface area contributed by atoms with Crippen molar-refractivity contribution in [2.45, 2.75) is 9.79 Å². The first kappa shape index (κ1) is 18.0. The summed E-state index contributed by atoms with van der Waals surface area (Å²) >= 11 is 0.721. The van der Waals surface area contributed by atoms with E-state index in [1.54, 1.807) is 18.2 Å². The van der Waals surface area contributed by atoms with Gasteiger partial charge in [0.15, 0.2) is 5.84 Å². The second-order valence-corrected chi connectivity index (χ2v) is 6.75. The van der Waals surface area contributed by atoms with Crippen molar-refractivity contribution in [3.8, 4) is 11.1 Å². The van der Waals surface area contributed by atoms with Crippen LogP contribution in [0, 0.1) is 0 Å². The maximum atomic E-state index is 12.1. The van der Waals surface area contributed by atoms with Gasteiger partial charge in [-0.15, -0.1) is 5.10 Å². The average Bonchev–Trinajstić information content (AvgIpc) is 2.53. The molecular weight excluding hydrogens is 352 g/mol. The minimum atomic E-state index is -4.15. The minimum Gasteiger partial charge on any atom is -0.384 e. The first-order valence-electron chi connectivity index (χ1n) is 6.37. The van der Waals surface area contributed by atoms with Crippen LogP contribution in [0.3, 0.4) is 0 Å². The quantitative estimate of drug-likeness (QED) is 0.126. The van der Waals surface area contributed by atoms with Crippen LogP contribution in [0.5, 0.6) is 0 Å². The molecule has 0 radical (unpaired) electrons. The number of rotatable bonds is 5. The van der Waals surface area contributed by atoms with Gasteiger partial charge in [0.1, 0.15) is 10.7 Å². The van der Waals surface area contributed by atoms with Gasteiger partial charge in [-0.2, -0.15) is 0 Å². The largest absolute Gasteiger partial charge is 0.384 e. The fraction of sp³-hybridized carbons (Fsp3) is 0. The van der Waals surface area contributed by atoms with Crippen LogP contribution in [0.25, 0.3) is 11.1 Å². The van der Waals surface area contributed by atoms with E-state index >= 15 is 0 Å². The number of hydrogen-bond donors (Lipinski definition) is 6. The highest BCUT2D eigenvalue weighted by Gasteiger charge is 2.25. The second kappa shape index (κ2) is 7.02. The number of nitrogens with zero attached hydrogens (tertiary/aromatic N) is 2. The molecule has 0 aliphatic rings. The summed E-state index contributed by atoms with van der Waals surface area (Å²) in [5, 5.41) is 14.5. The third-order valence-corrected chi connectivity index (χ3v) is 4.79. The van der Waals surface area contributed by atoms with Gasteiger partial charge in [-0.05, 0) is 35.7 Å². The Kier molecular flexibility index (Phi) is 5.26. The van der Waals surface area contributed by atoms with Crippen molar-refractivity contribution in [3.05, 3.63) is 36.0 Å². The van der Waals surface area contributed by atoms with Crippen molar-refractivity contribution in [2.75, 3.05) is 5.73 Å². The predicted molar refractivity (Wildman–Crippen MR) is 93.6 cm³/mol. The number of primary sulfonamides is 1. The molecule has 0 fully saturated rings. The van der Waals surface area contributed by atoms with E-state index in [1.165, 1.54) is 12.3 Å². The lowest BCUT2D eigenvalue weighted by Gasteiger charge is -2.16. The lowest BCUT2D eigenvalue weighted by atomic mass is 10.0. The molecule has 24 heavy (non-hydrogen) atoms. The van der Waals surface area contributed by atoms with Gasteiger partial charge in [-0.3, -0.25) is 5.14 Å². The molecule has 10 nitrogen and oxygen atoms in total. The molecule has 2 aromatic rings. The Bertz CT molecular complexity index is 881. The molecule has 0 saturated heterocycles. The van der Waals surface area contributed by atoms with E-state index in [9.17, 15) is 8.42 Å². The van der Waals surface area contributed by atoms with E-state index in [-0.39, 0.29) is 21.2 Å². The number of nitrogens with two attached hydrogens (primary N) is 5. The van der Waals surface area contributed by atoms with E-state index in [2.05, 4.69) is 10.1 Å². The van der Waals surface area contributed by atoms with Crippen molar-refractivity contribution in [1.29, 1.82) is 0 Å². The first-order chi connectivity index (χ1) is 11.3. The summed E-state index contributed by atoms with van der Waals surface area (Å²) in [6.45, 7) is 0. The van der Waals surface area contributed by atoms with Crippen molar-refractivity contribution in [2.24, 2.45) is 27.0 Å². The topological polar surface area (TPSA) is 202 Å². The van der Waals surface area contributed by atoms with Gasteiger partial charge in [0.05, 0.1) is 0 Å². The molecule has 11 N–H and O–H groups in total. The van der Waals surface area contributed by atoms with E-state index in [0.717, 1.165) is 11.9 Å². The standard InChI is InChI=1S/C12H16N8O2S2/c13-9-4-1-6(5-18-9)7-2-3-8(23-16)11(24(17,21)22)10(7)12(14)19-20-15/h1-5,20H,15-16H2,(H2,13,18)(H2,14,19)(H2,17,21,22). The normalized spacial score (nSPS) is 12.2. The number of anilines is 1. The highest BCUT2D eigenvalue weighted by atomic mass is 32.2. The van der Waals surface area contributed by atoms with E-state index in [4.69, 9.17) is 27.6 Å². The Balaban J connectivity index is 2.90. The number of nitrogen functional groups attached to an aromatic ring is 1. The smallest absolute Gasteiger partial charge is 0.239 e. The summed E-state index contributed by atoms with van der Waals surface area (Å²) in [6, 6.07) is 6.37. The van der Waals surface area contributed by atoms with Crippen LogP contribution >= 0.6 is 11.9 Å². The summed E-state index contributed by atoms with van der Waals surface area (Å²) in [5.41, 5.74) is 14.5. The fourth-order valence-electron chi connectivity index (χ4n) is 2.12. The summed E-state index contributed by atoms with van der Waals surface area (Å²) < 4.78 is 24.2. The summed E-state index contributed by atoms with van der Waals surface area (Å²) in [5.74, 6) is 5.28. The second-order valence-electron chi connectivity index (χ2n) is 4.58. The van der Waals surface area contributed by atoms with Crippen molar-refractivity contribution in [3.63, 3.8) is 0 Å². The molecule has 1 aromatic carbocycles. The molecule has 0 spiro atoms. The molecule has 0 saturated carbocycles. The SMILES string of the molecule is NN/N=C(\N)c1c(-c2ccc(N)nc2)ccc(SN)c1S(N)(=O)=O. The molecule has 0 unspecified atom stereocenters. The highest BCUT2D eigenvalue weighted by Crippen LogP contribution is 2.34. The van der Waals surface area contributed by atoms with Crippen LogP contribution in [0.1, 0.15) is 5.56 Å². The number of hydrazone groups is 1. The third kappa shape index (κ3) is 3.58. The zero-order valence-electron chi connectivity index (χ0n) is 12.3. The fourth-order valence-corrected chi connectivity index (χ4v) is 3.82. The average molecular weight is 368 g/mol. The van der Waals surface area contributed by atoms with E-state index in [0.29, 0.717) is 16.9 Å². The minimum absolute atomic E-state index is 0.0671. The number of aromatic nitrogens is 1. The van der Waals surface area contributed by atoms with Crippen LogP contribution < -0.4 is 33.1 Å². The summed E-state index contributed by atoms with van der Waals surface area (Å²) in [4.78, 5) is 3.95. The number of hydrogen-bond acceptors (Lipinski definition) is 9. The van der Waals surface area contributed by atoms with Gasteiger partial charge < -0.3 is 11.5 Å². The van der Waals surface area contributed by atoms with Crippen molar-refractivity contribution in [1.82, 2.24) is 10.5 Å². The van der Waals surface area contributed by atoms with Gasteiger partial charge in [0, 0.05) is 22.2 Å². The Morgan fingerprint density at radius 1 is 1.25 bits per heavy atom.